The maximum Gasteiger partial charge on any atom is 0.257 e. The van der Waals surface area contributed by atoms with Gasteiger partial charge in [-0.1, -0.05) is 6.07 Å². The minimum Gasteiger partial charge on any atom is -0.472 e. The van der Waals surface area contributed by atoms with E-state index in [9.17, 15) is 18.7 Å². The molecule has 2 N–H and O–H groups in total. The van der Waals surface area contributed by atoms with E-state index in [1.54, 1.807) is 6.07 Å². The first-order chi connectivity index (χ1) is 11.5. The highest BCUT2D eigenvalue weighted by Crippen LogP contribution is 2.30. The molecule has 0 aliphatic heterocycles. The molecule has 0 aliphatic rings. The number of rotatable bonds is 5. The molecule has 0 aliphatic carbocycles. The van der Waals surface area contributed by atoms with Gasteiger partial charge < -0.3 is 19.3 Å². The van der Waals surface area contributed by atoms with Crippen molar-refractivity contribution in [1.29, 1.82) is 0 Å². The Balaban J connectivity index is 1.86. The summed E-state index contributed by atoms with van der Waals surface area (Å²) in [5.74, 6) is -2.81. The number of hydrogen-bond donors (Lipinski definition) is 2. The van der Waals surface area contributed by atoms with E-state index in [-0.39, 0.29) is 12.3 Å². The summed E-state index contributed by atoms with van der Waals surface area (Å²) >= 11 is 0. The van der Waals surface area contributed by atoms with Gasteiger partial charge in [-0.15, -0.1) is 0 Å². The highest BCUT2D eigenvalue weighted by Gasteiger charge is 2.36. The number of carbonyl (C=O) groups is 1. The van der Waals surface area contributed by atoms with Crippen molar-refractivity contribution in [3.63, 3.8) is 0 Å². The molecular formula is C17H13F2NO4. The first-order valence-electron chi connectivity index (χ1n) is 7.03. The number of benzene rings is 1. The van der Waals surface area contributed by atoms with Crippen LogP contribution in [-0.4, -0.2) is 17.6 Å². The van der Waals surface area contributed by atoms with Crippen LogP contribution in [0.4, 0.5) is 8.78 Å². The molecule has 0 radical (unpaired) electrons. The van der Waals surface area contributed by atoms with Crippen molar-refractivity contribution in [2.45, 2.75) is 5.60 Å². The Kier molecular flexibility index (Phi) is 4.18. The van der Waals surface area contributed by atoms with E-state index in [4.69, 9.17) is 8.83 Å². The molecule has 0 saturated carbocycles. The van der Waals surface area contributed by atoms with Crippen LogP contribution >= 0.6 is 0 Å². The smallest absolute Gasteiger partial charge is 0.257 e. The first kappa shape index (κ1) is 15.9. The monoisotopic (exact) mass is 333 g/mol. The molecule has 2 heterocycles. The van der Waals surface area contributed by atoms with E-state index < -0.39 is 28.7 Å². The Hall–Kier alpha value is -2.93. The molecule has 0 bridgehead atoms. The summed E-state index contributed by atoms with van der Waals surface area (Å²) in [6.07, 6.45) is 4.00. The van der Waals surface area contributed by atoms with Crippen LogP contribution in [0, 0.1) is 11.6 Å². The zero-order valence-electron chi connectivity index (χ0n) is 12.3. The second kappa shape index (κ2) is 6.29. The van der Waals surface area contributed by atoms with Crippen molar-refractivity contribution < 1.29 is 27.5 Å². The van der Waals surface area contributed by atoms with Gasteiger partial charge in [-0.2, -0.15) is 0 Å². The molecule has 3 aromatic rings. The molecule has 0 saturated heterocycles. The second-order valence-corrected chi connectivity index (χ2v) is 5.13. The van der Waals surface area contributed by atoms with E-state index in [0.717, 1.165) is 18.2 Å². The minimum atomic E-state index is -1.74. The predicted molar refractivity (Wildman–Crippen MR) is 79.1 cm³/mol. The topological polar surface area (TPSA) is 75.6 Å². The van der Waals surface area contributed by atoms with Crippen LogP contribution in [0.2, 0.25) is 0 Å². The number of nitrogens with one attached hydrogen (secondary N) is 1. The van der Waals surface area contributed by atoms with E-state index in [0.29, 0.717) is 5.56 Å². The number of hydrogen-bond acceptors (Lipinski definition) is 4. The van der Waals surface area contributed by atoms with Crippen molar-refractivity contribution in [3.05, 3.63) is 83.7 Å². The summed E-state index contributed by atoms with van der Waals surface area (Å²) in [5.41, 5.74) is -2.13. The van der Waals surface area contributed by atoms with Gasteiger partial charge in [0.25, 0.3) is 5.91 Å². The van der Waals surface area contributed by atoms with Crippen LogP contribution in [0.3, 0.4) is 0 Å². The third-order valence-corrected chi connectivity index (χ3v) is 3.62. The molecular weight excluding hydrogens is 320 g/mol. The summed E-state index contributed by atoms with van der Waals surface area (Å²) in [6.45, 7) is -0.368. The molecule has 1 amide bonds. The number of aliphatic hydroxyl groups is 1. The molecule has 1 aromatic carbocycles. The van der Waals surface area contributed by atoms with Crippen molar-refractivity contribution >= 4 is 5.91 Å². The van der Waals surface area contributed by atoms with Gasteiger partial charge in [0.05, 0.1) is 25.3 Å². The highest BCUT2D eigenvalue weighted by atomic mass is 19.1. The normalized spacial score (nSPS) is 13.5. The van der Waals surface area contributed by atoms with Crippen LogP contribution in [0.1, 0.15) is 21.7 Å². The minimum absolute atomic E-state index is 0.151. The van der Waals surface area contributed by atoms with Gasteiger partial charge in [0.2, 0.25) is 0 Å². The Morgan fingerprint density at radius 1 is 1.12 bits per heavy atom. The molecule has 7 heteroatoms. The zero-order chi connectivity index (χ0) is 17.2. The summed E-state index contributed by atoms with van der Waals surface area (Å²) in [4.78, 5) is 12.1. The van der Waals surface area contributed by atoms with Gasteiger partial charge in [0, 0.05) is 5.56 Å². The van der Waals surface area contributed by atoms with Crippen molar-refractivity contribution in [2.24, 2.45) is 0 Å². The number of amides is 1. The lowest BCUT2D eigenvalue weighted by atomic mass is 9.93. The molecule has 1 atom stereocenters. The molecule has 5 nitrogen and oxygen atoms in total. The lowest BCUT2D eigenvalue weighted by molar-refractivity contribution is 0.0518. The van der Waals surface area contributed by atoms with E-state index in [1.807, 2.05) is 0 Å². The van der Waals surface area contributed by atoms with Crippen molar-refractivity contribution in [2.75, 3.05) is 6.54 Å². The maximum atomic E-state index is 13.7. The molecule has 2 aromatic heterocycles. The van der Waals surface area contributed by atoms with Crippen molar-refractivity contribution in [1.82, 2.24) is 5.32 Å². The average Bonchev–Trinajstić information content (AvgIpc) is 3.25. The Bertz CT molecular complexity index is 774. The molecule has 124 valence electrons. The second-order valence-electron chi connectivity index (χ2n) is 5.13. The predicted octanol–water partition coefficient (Wildman–Crippen LogP) is 2.82. The van der Waals surface area contributed by atoms with Crippen LogP contribution in [-0.2, 0) is 5.60 Å². The zero-order valence-corrected chi connectivity index (χ0v) is 12.3. The summed E-state index contributed by atoms with van der Waals surface area (Å²) in [6, 6.07) is 7.70. The van der Waals surface area contributed by atoms with E-state index >= 15 is 0 Å². The van der Waals surface area contributed by atoms with Gasteiger partial charge in [0.15, 0.2) is 5.60 Å². The number of halogens is 2. The molecule has 3 rings (SSSR count). The van der Waals surface area contributed by atoms with Crippen LogP contribution in [0.25, 0.3) is 0 Å². The largest absolute Gasteiger partial charge is 0.472 e. The Morgan fingerprint density at radius 2 is 1.88 bits per heavy atom. The Morgan fingerprint density at radius 3 is 2.46 bits per heavy atom. The van der Waals surface area contributed by atoms with Gasteiger partial charge in [-0.25, -0.2) is 8.78 Å². The first-order valence-corrected chi connectivity index (χ1v) is 7.03. The maximum absolute atomic E-state index is 13.7. The lowest BCUT2D eigenvalue weighted by Crippen LogP contribution is -2.41. The fourth-order valence-electron chi connectivity index (χ4n) is 2.36. The molecule has 1 unspecified atom stereocenters. The van der Waals surface area contributed by atoms with E-state index in [1.165, 1.54) is 30.9 Å². The lowest BCUT2D eigenvalue weighted by Gasteiger charge is -2.25. The van der Waals surface area contributed by atoms with E-state index in [2.05, 4.69) is 5.32 Å². The van der Waals surface area contributed by atoms with Gasteiger partial charge in [-0.05, 0) is 30.3 Å². The average molecular weight is 333 g/mol. The fourth-order valence-corrected chi connectivity index (χ4v) is 2.36. The highest BCUT2D eigenvalue weighted by molar-refractivity contribution is 5.94. The van der Waals surface area contributed by atoms with Crippen LogP contribution < -0.4 is 5.32 Å². The third kappa shape index (κ3) is 2.81. The standard InChI is InChI=1S/C17H13F2NO4/c18-12-3-1-4-13(19)15(12)16(21)20-10-17(22,11-6-8-23-9-11)14-5-2-7-24-14/h1-9,22H,10H2,(H,20,21). The molecule has 0 spiro atoms. The number of carbonyl (C=O) groups excluding carboxylic acids is 1. The molecule has 24 heavy (non-hydrogen) atoms. The summed E-state index contributed by atoms with van der Waals surface area (Å²) < 4.78 is 37.5. The third-order valence-electron chi connectivity index (χ3n) is 3.62. The van der Waals surface area contributed by atoms with Gasteiger partial charge in [0.1, 0.15) is 23.0 Å². The fraction of sp³-hybridized carbons (Fsp3) is 0.118. The van der Waals surface area contributed by atoms with Crippen LogP contribution in [0.15, 0.2) is 64.0 Å². The quantitative estimate of drug-likeness (QED) is 0.753. The SMILES string of the molecule is O=C(NCC(O)(c1ccoc1)c1ccco1)c1c(F)cccc1F. The van der Waals surface area contributed by atoms with Crippen molar-refractivity contribution in [3.8, 4) is 0 Å². The van der Waals surface area contributed by atoms with Gasteiger partial charge in [-0.3, -0.25) is 4.79 Å². The van der Waals surface area contributed by atoms with Crippen LogP contribution in [0.5, 0.6) is 0 Å². The van der Waals surface area contributed by atoms with Gasteiger partial charge >= 0.3 is 0 Å². The summed E-state index contributed by atoms with van der Waals surface area (Å²) in [7, 11) is 0. The summed E-state index contributed by atoms with van der Waals surface area (Å²) in [5, 5.41) is 13.2. The Labute approximate surface area is 135 Å². The molecule has 0 fully saturated rings. The number of furan rings is 2.